The largest absolute Gasteiger partial charge is 0.453 e. The fourth-order valence-corrected chi connectivity index (χ4v) is 0.831. The van der Waals surface area contributed by atoms with Crippen molar-refractivity contribution in [3.05, 3.63) is 0 Å². The van der Waals surface area contributed by atoms with Crippen LogP contribution in [0.2, 0.25) is 0 Å². The molecule has 0 saturated carbocycles. The van der Waals surface area contributed by atoms with E-state index in [-0.39, 0.29) is 12.5 Å². The van der Waals surface area contributed by atoms with E-state index < -0.39 is 6.09 Å². The first-order valence-corrected chi connectivity index (χ1v) is 4.31. The molecule has 0 aliphatic rings. The number of hydrogen-bond donors (Lipinski definition) is 2. The quantitative estimate of drug-likeness (QED) is 0.601. The molecule has 0 aromatic carbocycles. The highest BCUT2D eigenvalue weighted by Gasteiger charge is 2.09. The van der Waals surface area contributed by atoms with Crippen LogP contribution in [0.25, 0.3) is 0 Å². The summed E-state index contributed by atoms with van der Waals surface area (Å²) in [5.74, 6) is -0.365. The van der Waals surface area contributed by atoms with Crippen molar-refractivity contribution in [1.82, 2.24) is 15.5 Å². The molecule has 0 fully saturated rings. The molecule has 0 heterocycles. The van der Waals surface area contributed by atoms with Crippen molar-refractivity contribution in [1.29, 1.82) is 0 Å². The zero-order valence-corrected chi connectivity index (χ0v) is 8.79. The third-order valence-corrected chi connectivity index (χ3v) is 1.58. The molecule has 0 radical (unpaired) electrons. The normalized spacial score (nSPS) is 10.0. The smallest absolute Gasteiger partial charge is 0.413 e. The van der Waals surface area contributed by atoms with Crippen LogP contribution in [0, 0.1) is 0 Å². The molecule has 0 aliphatic heterocycles. The molecule has 0 saturated heterocycles. The predicted octanol–water partition coefficient (Wildman–Crippen LogP) is -0.980. The van der Waals surface area contributed by atoms with Crippen LogP contribution >= 0.6 is 0 Å². The van der Waals surface area contributed by atoms with E-state index in [0.717, 1.165) is 13.1 Å². The minimum absolute atomic E-state index is 0.177. The number of likely N-dealkylation sites (N-methyl/N-ethyl adjacent to an activating group) is 2. The van der Waals surface area contributed by atoms with Crippen LogP contribution in [0.5, 0.6) is 0 Å². The van der Waals surface area contributed by atoms with E-state index in [2.05, 4.69) is 15.4 Å². The lowest BCUT2D eigenvalue weighted by Crippen LogP contribution is -2.40. The van der Waals surface area contributed by atoms with Gasteiger partial charge in [0.1, 0.15) is 0 Å². The van der Waals surface area contributed by atoms with Gasteiger partial charge in [0.25, 0.3) is 0 Å². The summed E-state index contributed by atoms with van der Waals surface area (Å²) in [6.07, 6.45) is -0.725. The first-order valence-electron chi connectivity index (χ1n) is 4.31. The lowest BCUT2D eigenvalue weighted by molar-refractivity contribution is -0.121. The Balaban J connectivity index is 3.65. The second-order valence-corrected chi connectivity index (χ2v) is 2.88. The summed E-state index contributed by atoms with van der Waals surface area (Å²) in [6.45, 7) is 1.71. The highest BCUT2D eigenvalue weighted by Crippen LogP contribution is 1.81. The number of ether oxygens (including phenoxy) is 1. The fourth-order valence-electron chi connectivity index (χ4n) is 0.831. The molecule has 6 heteroatoms. The maximum absolute atomic E-state index is 11.1. The van der Waals surface area contributed by atoms with Crippen LogP contribution in [0.3, 0.4) is 0 Å². The van der Waals surface area contributed by atoms with Gasteiger partial charge in [0, 0.05) is 13.1 Å². The standard InChI is InChI=1S/C8H17N3O3/c1-9-4-5-11(2)6-7(12)10-8(13)14-3/h9H,4-6H2,1-3H3,(H,10,12,13). The number of imide groups is 1. The van der Waals surface area contributed by atoms with E-state index in [1.807, 2.05) is 7.05 Å². The molecule has 0 rings (SSSR count). The van der Waals surface area contributed by atoms with Crippen molar-refractivity contribution >= 4 is 12.0 Å². The molecule has 82 valence electrons. The summed E-state index contributed by atoms with van der Waals surface area (Å²) in [4.78, 5) is 23.5. The zero-order chi connectivity index (χ0) is 11.0. The number of hydrogen-bond acceptors (Lipinski definition) is 5. The number of nitrogens with one attached hydrogen (secondary N) is 2. The van der Waals surface area contributed by atoms with Crippen molar-refractivity contribution in [2.24, 2.45) is 0 Å². The van der Waals surface area contributed by atoms with Crippen molar-refractivity contribution < 1.29 is 14.3 Å². The number of methoxy groups -OCH3 is 1. The third kappa shape index (κ3) is 6.38. The number of alkyl carbamates (subject to hydrolysis) is 1. The molecule has 0 spiro atoms. The third-order valence-electron chi connectivity index (χ3n) is 1.58. The van der Waals surface area contributed by atoms with E-state index in [4.69, 9.17) is 0 Å². The van der Waals surface area contributed by atoms with Gasteiger partial charge in [-0.15, -0.1) is 0 Å². The second-order valence-electron chi connectivity index (χ2n) is 2.88. The molecule has 6 nitrogen and oxygen atoms in total. The molecule has 0 unspecified atom stereocenters. The number of rotatable bonds is 5. The van der Waals surface area contributed by atoms with Crippen LogP contribution in [0.15, 0.2) is 0 Å². The summed E-state index contributed by atoms with van der Waals surface area (Å²) in [5.41, 5.74) is 0. The van der Waals surface area contributed by atoms with Gasteiger partial charge in [-0.25, -0.2) is 4.79 Å². The van der Waals surface area contributed by atoms with Crippen LogP contribution < -0.4 is 10.6 Å². The number of nitrogens with zero attached hydrogens (tertiary/aromatic N) is 1. The zero-order valence-electron chi connectivity index (χ0n) is 8.79. The molecule has 0 aliphatic carbocycles. The van der Waals surface area contributed by atoms with Crippen LogP contribution in [-0.4, -0.2) is 57.7 Å². The molecule has 2 amide bonds. The summed E-state index contributed by atoms with van der Waals surface area (Å²) >= 11 is 0. The van der Waals surface area contributed by atoms with Gasteiger partial charge in [0.15, 0.2) is 0 Å². The molecule has 0 aromatic rings. The average molecular weight is 203 g/mol. The van der Waals surface area contributed by atoms with Crippen molar-refractivity contribution in [3.63, 3.8) is 0 Å². The molecule has 0 bridgehead atoms. The van der Waals surface area contributed by atoms with Crippen molar-refractivity contribution in [3.8, 4) is 0 Å². The van der Waals surface area contributed by atoms with Crippen LogP contribution in [-0.2, 0) is 9.53 Å². The van der Waals surface area contributed by atoms with Gasteiger partial charge in [-0.1, -0.05) is 0 Å². The summed E-state index contributed by atoms with van der Waals surface area (Å²) in [7, 11) is 4.85. The molecular formula is C8H17N3O3. The van der Waals surface area contributed by atoms with Gasteiger partial charge in [0.2, 0.25) is 5.91 Å². The lowest BCUT2D eigenvalue weighted by Gasteiger charge is -2.14. The Morgan fingerprint density at radius 2 is 2.07 bits per heavy atom. The summed E-state index contributed by atoms with van der Waals surface area (Å²) < 4.78 is 4.28. The Morgan fingerprint density at radius 1 is 1.43 bits per heavy atom. The highest BCUT2D eigenvalue weighted by molar-refractivity contribution is 5.92. The van der Waals surface area contributed by atoms with Gasteiger partial charge < -0.3 is 10.1 Å². The van der Waals surface area contributed by atoms with E-state index in [0.29, 0.717) is 0 Å². The number of amides is 2. The minimum Gasteiger partial charge on any atom is -0.453 e. The van der Waals surface area contributed by atoms with Gasteiger partial charge >= 0.3 is 6.09 Å². The van der Waals surface area contributed by atoms with Gasteiger partial charge in [-0.2, -0.15) is 0 Å². The number of carbonyl (C=O) groups excluding carboxylic acids is 2. The highest BCUT2D eigenvalue weighted by atomic mass is 16.5. The molecule has 0 atom stereocenters. The fraction of sp³-hybridized carbons (Fsp3) is 0.750. The Labute approximate surface area is 83.6 Å². The van der Waals surface area contributed by atoms with Crippen molar-refractivity contribution in [2.45, 2.75) is 0 Å². The Kier molecular flexibility index (Phi) is 6.69. The molecule has 2 N–H and O–H groups in total. The Morgan fingerprint density at radius 3 is 2.57 bits per heavy atom. The monoisotopic (exact) mass is 203 g/mol. The SMILES string of the molecule is CNCCN(C)CC(=O)NC(=O)OC. The summed E-state index contributed by atoms with van der Waals surface area (Å²) in [6, 6.07) is 0. The molecule has 14 heavy (non-hydrogen) atoms. The van der Waals surface area contributed by atoms with E-state index >= 15 is 0 Å². The van der Waals surface area contributed by atoms with E-state index in [9.17, 15) is 9.59 Å². The van der Waals surface area contributed by atoms with E-state index in [1.54, 1.807) is 11.9 Å². The Hall–Kier alpha value is -1.14. The summed E-state index contributed by atoms with van der Waals surface area (Å²) in [5, 5.41) is 5.03. The number of carbonyl (C=O) groups is 2. The molecule has 0 aromatic heterocycles. The first kappa shape index (κ1) is 12.9. The first-order chi connectivity index (χ1) is 6.60. The van der Waals surface area contributed by atoms with Crippen molar-refractivity contribution in [2.75, 3.05) is 40.8 Å². The topological polar surface area (TPSA) is 70.7 Å². The van der Waals surface area contributed by atoms with E-state index in [1.165, 1.54) is 7.11 Å². The van der Waals surface area contributed by atoms with Crippen LogP contribution in [0.1, 0.15) is 0 Å². The molecular weight excluding hydrogens is 186 g/mol. The second kappa shape index (κ2) is 7.28. The van der Waals surface area contributed by atoms with Gasteiger partial charge in [-0.05, 0) is 14.1 Å². The lowest BCUT2D eigenvalue weighted by atomic mass is 10.5. The van der Waals surface area contributed by atoms with Gasteiger partial charge in [0.05, 0.1) is 13.7 Å². The maximum Gasteiger partial charge on any atom is 0.413 e. The van der Waals surface area contributed by atoms with Crippen LogP contribution in [0.4, 0.5) is 4.79 Å². The Bertz CT molecular complexity index is 196. The average Bonchev–Trinajstić information content (AvgIpc) is 2.14. The maximum atomic E-state index is 11.1. The van der Waals surface area contributed by atoms with Gasteiger partial charge in [-0.3, -0.25) is 15.0 Å². The predicted molar refractivity (Wildman–Crippen MR) is 52.0 cm³/mol. The minimum atomic E-state index is -0.725.